The van der Waals surface area contributed by atoms with Crippen molar-refractivity contribution < 1.29 is 4.79 Å². The van der Waals surface area contributed by atoms with Gasteiger partial charge < -0.3 is 10.2 Å². The highest BCUT2D eigenvalue weighted by Crippen LogP contribution is 2.26. The number of hydrogen-bond acceptors (Lipinski definition) is 2. The molecular weight excluding hydrogens is 248 g/mol. The first-order valence-electron chi connectivity index (χ1n) is 7.75. The van der Waals surface area contributed by atoms with Crippen molar-refractivity contribution in [2.24, 2.45) is 0 Å². The van der Waals surface area contributed by atoms with Crippen LogP contribution in [0.1, 0.15) is 54.9 Å². The van der Waals surface area contributed by atoms with Crippen molar-refractivity contribution in [3.05, 3.63) is 29.3 Å². The van der Waals surface area contributed by atoms with Gasteiger partial charge in [0.1, 0.15) is 0 Å². The zero-order valence-corrected chi connectivity index (χ0v) is 12.9. The van der Waals surface area contributed by atoms with Crippen LogP contribution in [0.15, 0.2) is 18.2 Å². The number of anilines is 1. The molecule has 0 bridgehead atoms. The van der Waals surface area contributed by atoms with Crippen molar-refractivity contribution in [2.45, 2.75) is 52.0 Å². The van der Waals surface area contributed by atoms with Crippen LogP contribution in [0.5, 0.6) is 0 Å². The fourth-order valence-corrected chi connectivity index (χ4v) is 2.90. The van der Waals surface area contributed by atoms with Crippen molar-refractivity contribution in [3.8, 4) is 0 Å². The van der Waals surface area contributed by atoms with Gasteiger partial charge in [0, 0.05) is 25.3 Å². The topological polar surface area (TPSA) is 32.3 Å². The number of amides is 1. The number of rotatable bonds is 5. The van der Waals surface area contributed by atoms with Crippen LogP contribution in [0.4, 0.5) is 5.69 Å². The number of nitrogens with one attached hydrogen (secondary N) is 1. The molecule has 0 aliphatic heterocycles. The van der Waals surface area contributed by atoms with Gasteiger partial charge in [-0.25, -0.2) is 0 Å². The smallest absolute Gasteiger partial charge is 0.255 e. The molecule has 0 saturated heterocycles. The monoisotopic (exact) mass is 274 g/mol. The Morgan fingerprint density at radius 2 is 2.05 bits per heavy atom. The lowest BCUT2D eigenvalue weighted by Crippen LogP contribution is -2.35. The maximum Gasteiger partial charge on any atom is 0.255 e. The van der Waals surface area contributed by atoms with Crippen LogP contribution in [-0.4, -0.2) is 30.4 Å². The minimum atomic E-state index is 0.149. The van der Waals surface area contributed by atoms with Crippen molar-refractivity contribution in [3.63, 3.8) is 0 Å². The third kappa shape index (κ3) is 3.33. The van der Waals surface area contributed by atoms with Crippen LogP contribution in [0, 0.1) is 6.92 Å². The van der Waals surface area contributed by atoms with Crippen LogP contribution in [0.25, 0.3) is 0 Å². The lowest BCUT2D eigenvalue weighted by molar-refractivity contribution is 0.0736. The van der Waals surface area contributed by atoms with E-state index < -0.39 is 0 Å². The Balaban J connectivity index is 2.19. The summed E-state index contributed by atoms with van der Waals surface area (Å²) in [5.41, 5.74) is 2.96. The van der Waals surface area contributed by atoms with Gasteiger partial charge in [0.2, 0.25) is 0 Å². The predicted molar refractivity (Wildman–Crippen MR) is 84.3 cm³/mol. The van der Waals surface area contributed by atoms with E-state index in [0.717, 1.165) is 37.1 Å². The highest BCUT2D eigenvalue weighted by atomic mass is 16.2. The fourth-order valence-electron chi connectivity index (χ4n) is 2.90. The molecule has 1 aliphatic rings. The molecule has 0 heterocycles. The molecular formula is C17H26N2O. The van der Waals surface area contributed by atoms with E-state index in [1.807, 2.05) is 24.1 Å². The van der Waals surface area contributed by atoms with Crippen molar-refractivity contribution in [1.29, 1.82) is 0 Å². The van der Waals surface area contributed by atoms with E-state index in [4.69, 9.17) is 0 Å². The molecule has 0 atom stereocenters. The molecule has 0 aromatic heterocycles. The van der Waals surface area contributed by atoms with Crippen molar-refractivity contribution >= 4 is 11.6 Å². The molecule has 1 amide bonds. The van der Waals surface area contributed by atoms with Crippen LogP contribution in [-0.2, 0) is 0 Å². The summed E-state index contributed by atoms with van der Waals surface area (Å²) >= 11 is 0. The SMILES string of the molecule is CCCNc1cc(C)ccc1C(=O)N(C)C1CCCC1. The number of nitrogens with zero attached hydrogens (tertiary/aromatic N) is 1. The molecule has 1 fully saturated rings. The lowest BCUT2D eigenvalue weighted by atomic mass is 10.1. The van der Waals surface area contributed by atoms with Gasteiger partial charge in [0.15, 0.2) is 0 Å². The average Bonchev–Trinajstić information content (AvgIpc) is 2.97. The number of benzene rings is 1. The van der Waals surface area contributed by atoms with Gasteiger partial charge in [-0.15, -0.1) is 0 Å². The summed E-state index contributed by atoms with van der Waals surface area (Å²) in [6.07, 6.45) is 5.84. The number of carbonyl (C=O) groups is 1. The fraction of sp³-hybridized carbons (Fsp3) is 0.588. The Hall–Kier alpha value is -1.51. The van der Waals surface area contributed by atoms with E-state index in [1.54, 1.807) is 0 Å². The zero-order chi connectivity index (χ0) is 14.5. The third-order valence-corrected chi connectivity index (χ3v) is 4.16. The molecule has 2 rings (SSSR count). The highest BCUT2D eigenvalue weighted by Gasteiger charge is 2.25. The van der Waals surface area contributed by atoms with Crippen molar-refractivity contribution in [1.82, 2.24) is 4.90 Å². The normalized spacial score (nSPS) is 15.3. The minimum absolute atomic E-state index is 0.149. The van der Waals surface area contributed by atoms with Gasteiger partial charge in [0.05, 0.1) is 5.56 Å². The molecule has 1 aromatic carbocycles. The van der Waals surface area contributed by atoms with Crippen LogP contribution in [0.2, 0.25) is 0 Å². The number of carbonyl (C=O) groups excluding carboxylic acids is 1. The van der Waals surface area contributed by atoms with Gasteiger partial charge in [0.25, 0.3) is 5.91 Å². The van der Waals surface area contributed by atoms with Crippen LogP contribution >= 0.6 is 0 Å². The van der Waals surface area contributed by atoms with E-state index in [-0.39, 0.29) is 5.91 Å². The standard InChI is InChI=1S/C17H26N2O/c1-4-11-18-16-12-13(2)9-10-15(16)17(20)19(3)14-7-5-6-8-14/h9-10,12,14,18H,4-8,11H2,1-3H3. The second-order valence-electron chi connectivity index (χ2n) is 5.83. The van der Waals surface area contributed by atoms with Gasteiger partial charge in [-0.05, 0) is 43.9 Å². The highest BCUT2D eigenvalue weighted by molar-refractivity contribution is 5.99. The molecule has 110 valence electrons. The first-order valence-corrected chi connectivity index (χ1v) is 7.75. The Kier molecular flexibility index (Phi) is 5.05. The number of aryl methyl sites for hydroxylation is 1. The maximum absolute atomic E-state index is 12.7. The van der Waals surface area contributed by atoms with Gasteiger partial charge in [-0.3, -0.25) is 4.79 Å². The van der Waals surface area contributed by atoms with E-state index in [9.17, 15) is 4.79 Å². The Morgan fingerprint density at radius 3 is 2.70 bits per heavy atom. The Morgan fingerprint density at radius 1 is 1.35 bits per heavy atom. The van der Waals surface area contributed by atoms with Crippen LogP contribution < -0.4 is 5.32 Å². The molecule has 3 nitrogen and oxygen atoms in total. The first kappa shape index (κ1) is 14.9. The first-order chi connectivity index (χ1) is 9.63. The summed E-state index contributed by atoms with van der Waals surface area (Å²) in [4.78, 5) is 14.7. The van der Waals surface area contributed by atoms with Crippen molar-refractivity contribution in [2.75, 3.05) is 18.9 Å². The predicted octanol–water partition coefficient (Wildman–Crippen LogP) is 3.83. The summed E-state index contributed by atoms with van der Waals surface area (Å²) in [6.45, 7) is 5.10. The molecule has 1 N–H and O–H groups in total. The summed E-state index contributed by atoms with van der Waals surface area (Å²) in [5.74, 6) is 0.149. The average molecular weight is 274 g/mol. The summed E-state index contributed by atoms with van der Waals surface area (Å²) in [5, 5.41) is 3.38. The second-order valence-corrected chi connectivity index (χ2v) is 5.83. The van der Waals surface area contributed by atoms with E-state index in [2.05, 4.69) is 25.2 Å². The molecule has 0 spiro atoms. The lowest BCUT2D eigenvalue weighted by Gasteiger charge is -2.25. The van der Waals surface area contributed by atoms with E-state index >= 15 is 0 Å². The molecule has 1 aliphatic carbocycles. The molecule has 1 aromatic rings. The van der Waals surface area contributed by atoms with E-state index in [1.165, 1.54) is 18.4 Å². The second kappa shape index (κ2) is 6.78. The summed E-state index contributed by atoms with van der Waals surface area (Å²) in [7, 11) is 1.95. The molecule has 3 heteroatoms. The summed E-state index contributed by atoms with van der Waals surface area (Å²) < 4.78 is 0. The molecule has 0 unspecified atom stereocenters. The number of hydrogen-bond donors (Lipinski definition) is 1. The van der Waals surface area contributed by atoms with E-state index in [0.29, 0.717) is 6.04 Å². The Labute approximate surface area is 122 Å². The van der Waals surface area contributed by atoms with Gasteiger partial charge in [-0.1, -0.05) is 25.8 Å². The summed E-state index contributed by atoms with van der Waals surface area (Å²) in [6, 6.07) is 6.47. The molecule has 20 heavy (non-hydrogen) atoms. The quantitative estimate of drug-likeness (QED) is 0.885. The molecule has 0 radical (unpaired) electrons. The largest absolute Gasteiger partial charge is 0.384 e. The third-order valence-electron chi connectivity index (χ3n) is 4.16. The Bertz CT molecular complexity index is 464. The zero-order valence-electron chi connectivity index (χ0n) is 12.9. The maximum atomic E-state index is 12.7. The van der Waals surface area contributed by atoms with Crippen LogP contribution in [0.3, 0.4) is 0 Å². The minimum Gasteiger partial charge on any atom is -0.384 e. The van der Waals surface area contributed by atoms with Gasteiger partial charge in [-0.2, -0.15) is 0 Å². The molecule has 1 saturated carbocycles. The van der Waals surface area contributed by atoms with Gasteiger partial charge >= 0.3 is 0 Å².